The van der Waals surface area contributed by atoms with Crippen molar-refractivity contribution in [2.24, 2.45) is 14.1 Å². The number of nitrogens with one attached hydrogen (secondary N) is 1. The lowest BCUT2D eigenvalue weighted by Gasteiger charge is -2.11. The van der Waals surface area contributed by atoms with Gasteiger partial charge in [0.1, 0.15) is 0 Å². The first kappa shape index (κ1) is 26.3. The third-order valence-electron chi connectivity index (χ3n) is 6.21. The molecule has 0 saturated heterocycles. The highest BCUT2D eigenvalue weighted by Gasteiger charge is 2.14. The van der Waals surface area contributed by atoms with Crippen molar-refractivity contribution in [3.8, 4) is 0 Å². The molecular weight excluding hydrogens is 406 g/mol. The number of unbranched alkanes of at least 4 members (excludes halogenated alkanes) is 9. The fraction of sp³-hybridized carbons (Fsp3) is 0.792. The van der Waals surface area contributed by atoms with Gasteiger partial charge in [-0.15, -0.1) is 0 Å². The molecule has 8 heteroatoms. The van der Waals surface area contributed by atoms with E-state index in [0.29, 0.717) is 24.3 Å². The van der Waals surface area contributed by atoms with Crippen LogP contribution in [0.25, 0.3) is 11.2 Å². The molecule has 2 aromatic rings. The van der Waals surface area contributed by atoms with E-state index in [-0.39, 0.29) is 17.4 Å². The standard InChI is InChI=1S/C24H43N5O3/c1-4-5-6-13-16-25-18-20(30)15-12-10-8-7-9-11-14-17-29-23(31)21-22(26-19-27(21)2)28(3)24(29)32/h19-20,25,30H,4-18H2,1-3H3. The minimum Gasteiger partial charge on any atom is -0.392 e. The third kappa shape index (κ3) is 7.89. The van der Waals surface area contributed by atoms with Gasteiger partial charge in [-0.05, 0) is 25.8 Å². The highest BCUT2D eigenvalue weighted by molar-refractivity contribution is 5.69. The van der Waals surface area contributed by atoms with E-state index in [1.165, 1.54) is 41.2 Å². The second kappa shape index (κ2) is 14.3. The van der Waals surface area contributed by atoms with Crippen LogP contribution in [-0.2, 0) is 20.6 Å². The van der Waals surface area contributed by atoms with E-state index in [1.807, 2.05) is 0 Å². The van der Waals surface area contributed by atoms with Gasteiger partial charge in [-0.3, -0.25) is 13.9 Å². The van der Waals surface area contributed by atoms with Crippen LogP contribution in [0.4, 0.5) is 0 Å². The fourth-order valence-electron chi connectivity index (χ4n) is 4.17. The molecular formula is C24H43N5O3. The van der Waals surface area contributed by atoms with Crippen molar-refractivity contribution in [2.45, 2.75) is 96.6 Å². The Balaban J connectivity index is 1.55. The first-order valence-corrected chi connectivity index (χ1v) is 12.5. The number of aryl methyl sites for hydroxylation is 2. The van der Waals surface area contributed by atoms with Gasteiger partial charge in [-0.1, -0.05) is 64.7 Å². The van der Waals surface area contributed by atoms with Gasteiger partial charge in [0.2, 0.25) is 0 Å². The van der Waals surface area contributed by atoms with E-state index < -0.39 is 0 Å². The summed E-state index contributed by atoms with van der Waals surface area (Å²) >= 11 is 0. The maximum Gasteiger partial charge on any atom is 0.332 e. The van der Waals surface area contributed by atoms with Gasteiger partial charge in [-0.2, -0.15) is 0 Å². The molecule has 2 aromatic heterocycles. The van der Waals surface area contributed by atoms with Crippen molar-refractivity contribution in [3.63, 3.8) is 0 Å². The fourth-order valence-corrected chi connectivity index (χ4v) is 4.17. The van der Waals surface area contributed by atoms with E-state index >= 15 is 0 Å². The van der Waals surface area contributed by atoms with Crippen LogP contribution in [0.1, 0.15) is 84.0 Å². The number of nitrogens with zero attached hydrogens (tertiary/aromatic N) is 4. The molecule has 0 aliphatic rings. The lowest BCUT2D eigenvalue weighted by Crippen LogP contribution is -2.39. The monoisotopic (exact) mass is 449 g/mol. The zero-order chi connectivity index (χ0) is 23.3. The first-order chi connectivity index (χ1) is 15.5. The van der Waals surface area contributed by atoms with Crippen LogP contribution in [0.15, 0.2) is 15.9 Å². The summed E-state index contributed by atoms with van der Waals surface area (Å²) in [6.45, 7) is 4.37. The normalized spacial score (nSPS) is 12.6. The molecule has 0 saturated carbocycles. The highest BCUT2D eigenvalue weighted by Crippen LogP contribution is 2.10. The maximum atomic E-state index is 12.7. The molecule has 2 heterocycles. The summed E-state index contributed by atoms with van der Waals surface area (Å²) in [7, 11) is 3.43. The zero-order valence-corrected chi connectivity index (χ0v) is 20.3. The van der Waals surface area contributed by atoms with Crippen LogP contribution in [0.2, 0.25) is 0 Å². The van der Waals surface area contributed by atoms with Crippen LogP contribution in [0.3, 0.4) is 0 Å². The van der Waals surface area contributed by atoms with Crippen LogP contribution in [-0.4, -0.2) is 43.0 Å². The Kier molecular flexibility index (Phi) is 11.7. The smallest absolute Gasteiger partial charge is 0.332 e. The van der Waals surface area contributed by atoms with E-state index in [0.717, 1.165) is 51.5 Å². The van der Waals surface area contributed by atoms with Crippen molar-refractivity contribution in [1.29, 1.82) is 0 Å². The topological polar surface area (TPSA) is 94.1 Å². The molecule has 0 amide bonds. The summed E-state index contributed by atoms with van der Waals surface area (Å²) in [6.07, 6.45) is 14.7. The van der Waals surface area contributed by atoms with E-state index in [4.69, 9.17) is 0 Å². The van der Waals surface area contributed by atoms with E-state index in [1.54, 1.807) is 25.0 Å². The third-order valence-corrected chi connectivity index (χ3v) is 6.21. The van der Waals surface area contributed by atoms with Crippen molar-refractivity contribution < 1.29 is 5.11 Å². The Labute approximate surface area is 191 Å². The van der Waals surface area contributed by atoms with Crippen molar-refractivity contribution >= 4 is 11.2 Å². The predicted molar refractivity (Wildman–Crippen MR) is 130 cm³/mol. The number of hydrogen-bond acceptors (Lipinski definition) is 5. The molecule has 1 unspecified atom stereocenters. The van der Waals surface area contributed by atoms with Crippen molar-refractivity contribution in [3.05, 3.63) is 27.2 Å². The van der Waals surface area contributed by atoms with Crippen LogP contribution in [0.5, 0.6) is 0 Å². The van der Waals surface area contributed by atoms with Crippen molar-refractivity contribution in [1.82, 2.24) is 24.0 Å². The Morgan fingerprint density at radius 2 is 1.62 bits per heavy atom. The average Bonchev–Trinajstić information content (AvgIpc) is 3.17. The lowest BCUT2D eigenvalue weighted by atomic mass is 10.1. The van der Waals surface area contributed by atoms with E-state index in [9.17, 15) is 14.7 Å². The van der Waals surface area contributed by atoms with Crippen LogP contribution in [0, 0.1) is 0 Å². The summed E-state index contributed by atoms with van der Waals surface area (Å²) in [5.74, 6) is 0. The Morgan fingerprint density at radius 3 is 2.34 bits per heavy atom. The molecule has 0 aliphatic heterocycles. The molecule has 1 atom stereocenters. The molecule has 2 N–H and O–H groups in total. The number of aliphatic hydroxyl groups is 1. The van der Waals surface area contributed by atoms with Crippen LogP contribution >= 0.6 is 0 Å². The number of fused-ring (bicyclic) bond motifs is 1. The molecule has 0 radical (unpaired) electrons. The number of rotatable bonds is 17. The van der Waals surface area contributed by atoms with Gasteiger partial charge in [0, 0.05) is 27.2 Å². The Morgan fingerprint density at radius 1 is 0.969 bits per heavy atom. The summed E-state index contributed by atoms with van der Waals surface area (Å²) < 4.78 is 4.46. The summed E-state index contributed by atoms with van der Waals surface area (Å²) in [4.78, 5) is 29.3. The first-order valence-electron chi connectivity index (χ1n) is 12.5. The van der Waals surface area contributed by atoms with Gasteiger partial charge in [0.25, 0.3) is 5.56 Å². The maximum absolute atomic E-state index is 12.7. The second-order valence-electron chi connectivity index (χ2n) is 9.01. The second-order valence-corrected chi connectivity index (χ2v) is 9.01. The minimum atomic E-state index is -0.296. The number of hydrogen-bond donors (Lipinski definition) is 2. The molecule has 32 heavy (non-hydrogen) atoms. The van der Waals surface area contributed by atoms with Gasteiger partial charge in [0.05, 0.1) is 12.4 Å². The quantitative estimate of drug-likeness (QED) is 0.362. The molecule has 8 nitrogen and oxygen atoms in total. The minimum absolute atomic E-state index is 0.237. The molecule has 0 fully saturated rings. The molecule has 2 rings (SSSR count). The SMILES string of the molecule is CCCCCCNCC(O)CCCCCCCCCn1c(=O)c2c(ncn2C)n(C)c1=O. The summed E-state index contributed by atoms with van der Waals surface area (Å²) in [5, 5.41) is 13.4. The Bertz CT molecular complexity index is 915. The molecule has 0 bridgehead atoms. The van der Waals surface area contributed by atoms with Gasteiger partial charge in [-0.25, -0.2) is 9.78 Å². The summed E-state index contributed by atoms with van der Waals surface area (Å²) in [5.41, 5.74) is 0.361. The van der Waals surface area contributed by atoms with Crippen LogP contribution < -0.4 is 16.6 Å². The largest absolute Gasteiger partial charge is 0.392 e. The Hall–Kier alpha value is -1.93. The molecule has 0 aromatic carbocycles. The van der Waals surface area contributed by atoms with E-state index in [2.05, 4.69) is 17.2 Å². The number of aliphatic hydroxyl groups excluding tert-OH is 1. The van der Waals surface area contributed by atoms with Gasteiger partial charge in [0.15, 0.2) is 11.2 Å². The molecule has 0 spiro atoms. The zero-order valence-electron chi connectivity index (χ0n) is 20.3. The van der Waals surface area contributed by atoms with Gasteiger partial charge >= 0.3 is 5.69 Å². The highest BCUT2D eigenvalue weighted by atomic mass is 16.3. The predicted octanol–water partition coefficient (Wildman–Crippen LogP) is 3.09. The van der Waals surface area contributed by atoms with Gasteiger partial charge < -0.3 is 15.0 Å². The number of aromatic nitrogens is 4. The van der Waals surface area contributed by atoms with Crippen molar-refractivity contribution in [2.75, 3.05) is 13.1 Å². The summed E-state index contributed by atoms with van der Waals surface area (Å²) in [6, 6.07) is 0. The molecule has 182 valence electrons. The number of imidazole rings is 1. The molecule has 0 aliphatic carbocycles. The average molecular weight is 450 g/mol. The lowest BCUT2D eigenvalue weighted by molar-refractivity contribution is 0.158.